The molecular formula is C49H60N8O8. The molecule has 0 spiro atoms. The van der Waals surface area contributed by atoms with E-state index in [2.05, 4.69) is 57.0 Å². The molecule has 4 aliphatic rings. The van der Waals surface area contributed by atoms with E-state index in [1.807, 2.05) is 45.6 Å². The molecule has 5 heterocycles. The number of aromatic amines is 2. The lowest BCUT2D eigenvalue weighted by Gasteiger charge is -2.32. The van der Waals surface area contributed by atoms with Crippen molar-refractivity contribution in [2.75, 3.05) is 27.4 Å². The lowest BCUT2D eigenvalue weighted by molar-refractivity contribution is -0.137. The van der Waals surface area contributed by atoms with E-state index in [9.17, 15) is 24.3 Å². The zero-order valence-corrected chi connectivity index (χ0v) is 38.2. The van der Waals surface area contributed by atoms with Gasteiger partial charge in [-0.1, -0.05) is 52.3 Å². The van der Waals surface area contributed by atoms with E-state index in [0.29, 0.717) is 50.8 Å². The standard InChI is InChI=1S/C49H60N8O8/c1-8-25(4)40(55-49(62)64-7)46(58)56-21-27(22-63-6)17-37(56)45-51-41(28-10-11-28)42(52-45)30-12-14-32-31(18-30)23-65-38-20-33-29(19-34(32)38)13-15-35-43(33)53-44(50-35)36-16-9-26(5)57(36)47(59)39(24(2)3)54-48(60)61/h12-15,18-20,24-28,36-37,39-40,54H,8-11,16-17,21-23H2,1-7H3,(H,50,53)(H,51,52)(H,55,62)(H,60,61)/t25?,26-,27-,36-,37-,39?,40?/m0/s1. The van der Waals surface area contributed by atoms with Gasteiger partial charge in [0.05, 0.1) is 42.5 Å². The molecule has 16 heteroatoms. The summed E-state index contributed by atoms with van der Waals surface area (Å²) in [5, 5.41) is 16.7. The number of benzene rings is 3. The van der Waals surface area contributed by atoms with Crippen molar-refractivity contribution in [3.05, 3.63) is 65.4 Å². The van der Waals surface area contributed by atoms with Crippen LogP contribution in [-0.4, -0.2) is 104 Å². The Labute approximate surface area is 378 Å². The van der Waals surface area contributed by atoms with Crippen LogP contribution in [-0.2, 0) is 25.7 Å². The van der Waals surface area contributed by atoms with Crippen molar-refractivity contribution in [1.82, 2.24) is 40.4 Å². The monoisotopic (exact) mass is 888 g/mol. The summed E-state index contributed by atoms with van der Waals surface area (Å²) in [5.41, 5.74) is 7.69. The zero-order valence-electron chi connectivity index (χ0n) is 38.2. The Balaban J connectivity index is 1.01. The van der Waals surface area contributed by atoms with Gasteiger partial charge in [0, 0.05) is 53.7 Å². The second-order valence-electron chi connectivity index (χ2n) is 18.9. The quantitative estimate of drug-likeness (QED) is 0.0767. The number of methoxy groups -OCH3 is 2. The van der Waals surface area contributed by atoms with Crippen molar-refractivity contribution >= 4 is 45.8 Å². The van der Waals surface area contributed by atoms with Crippen LogP contribution in [0.5, 0.6) is 5.75 Å². The summed E-state index contributed by atoms with van der Waals surface area (Å²) in [4.78, 5) is 73.5. The highest BCUT2D eigenvalue weighted by Gasteiger charge is 2.44. The number of carbonyl (C=O) groups excluding carboxylic acids is 3. The van der Waals surface area contributed by atoms with E-state index in [4.69, 9.17) is 24.2 Å². The third-order valence-corrected chi connectivity index (χ3v) is 14.2. The Kier molecular flexibility index (Phi) is 12.0. The fraction of sp³-hybridized carbons (Fsp3) is 0.510. The predicted octanol–water partition coefficient (Wildman–Crippen LogP) is 8.19. The van der Waals surface area contributed by atoms with Crippen LogP contribution in [0.4, 0.5) is 9.59 Å². The number of nitrogens with one attached hydrogen (secondary N) is 4. The highest BCUT2D eigenvalue weighted by Crippen LogP contribution is 2.48. The van der Waals surface area contributed by atoms with Gasteiger partial charge in [0.1, 0.15) is 36.1 Å². The van der Waals surface area contributed by atoms with Gasteiger partial charge in [0.2, 0.25) is 11.8 Å². The molecule has 5 aromatic rings. The molecule has 0 bridgehead atoms. The molecular weight excluding hydrogens is 829 g/mol. The molecule has 2 saturated heterocycles. The number of ether oxygens (including phenoxy) is 3. The first-order chi connectivity index (χ1) is 31.3. The predicted molar refractivity (Wildman–Crippen MR) is 244 cm³/mol. The van der Waals surface area contributed by atoms with Gasteiger partial charge in [-0.15, -0.1) is 0 Å². The first-order valence-electron chi connectivity index (χ1n) is 23.1. The second-order valence-corrected chi connectivity index (χ2v) is 18.9. The van der Waals surface area contributed by atoms with Crippen LogP contribution in [0, 0.1) is 17.8 Å². The number of amides is 4. The Morgan fingerprint density at radius 3 is 2.40 bits per heavy atom. The Hall–Kier alpha value is -6.16. The van der Waals surface area contributed by atoms with Crippen molar-refractivity contribution in [3.63, 3.8) is 0 Å². The van der Waals surface area contributed by atoms with E-state index in [-0.39, 0.29) is 47.7 Å². The average Bonchev–Trinajstić information content (AvgIpc) is 3.59. The van der Waals surface area contributed by atoms with Crippen LogP contribution in [0.25, 0.3) is 44.2 Å². The fourth-order valence-corrected chi connectivity index (χ4v) is 10.3. The molecule has 65 heavy (non-hydrogen) atoms. The van der Waals surface area contributed by atoms with E-state index < -0.39 is 24.3 Å². The summed E-state index contributed by atoms with van der Waals surface area (Å²) in [6.45, 7) is 11.0. The lowest BCUT2D eigenvalue weighted by atomic mass is 9.92. The first-order valence-corrected chi connectivity index (χ1v) is 23.1. The molecule has 344 valence electrons. The highest BCUT2D eigenvalue weighted by atomic mass is 16.5. The van der Waals surface area contributed by atoms with Crippen molar-refractivity contribution in [2.45, 2.75) is 116 Å². The smallest absolute Gasteiger partial charge is 0.407 e. The second kappa shape index (κ2) is 17.7. The molecule has 7 atom stereocenters. The van der Waals surface area contributed by atoms with Crippen LogP contribution in [0.1, 0.15) is 114 Å². The molecule has 3 aromatic carbocycles. The molecule has 0 radical (unpaired) electrons. The van der Waals surface area contributed by atoms with Crippen LogP contribution in [0.2, 0.25) is 0 Å². The van der Waals surface area contributed by atoms with Crippen molar-refractivity contribution < 1.29 is 38.5 Å². The molecule has 4 amide bonds. The summed E-state index contributed by atoms with van der Waals surface area (Å²) in [5.74, 6) is 1.92. The fourth-order valence-electron chi connectivity index (χ4n) is 10.3. The molecule has 3 unspecified atom stereocenters. The van der Waals surface area contributed by atoms with Gasteiger partial charge in [0.25, 0.3) is 0 Å². The van der Waals surface area contributed by atoms with Crippen molar-refractivity contribution in [2.24, 2.45) is 17.8 Å². The number of carbonyl (C=O) groups is 4. The minimum Gasteiger partial charge on any atom is -0.488 e. The number of alkyl carbamates (subject to hydrolysis) is 1. The van der Waals surface area contributed by atoms with Gasteiger partial charge in [-0.05, 0) is 91.6 Å². The number of carboxylic acid groups (broad SMARTS) is 1. The summed E-state index contributed by atoms with van der Waals surface area (Å²) >= 11 is 0. The molecule has 9 rings (SSSR count). The summed E-state index contributed by atoms with van der Waals surface area (Å²) in [7, 11) is 2.98. The normalized spacial score (nSPS) is 21.8. The van der Waals surface area contributed by atoms with Crippen LogP contribution >= 0.6 is 0 Å². The minimum absolute atomic E-state index is 0.0709. The van der Waals surface area contributed by atoms with Gasteiger partial charge in [-0.25, -0.2) is 19.6 Å². The molecule has 1 aliphatic carbocycles. The maximum Gasteiger partial charge on any atom is 0.407 e. The lowest BCUT2D eigenvalue weighted by Crippen LogP contribution is -2.52. The van der Waals surface area contributed by atoms with Gasteiger partial charge in [-0.2, -0.15) is 0 Å². The molecule has 3 aliphatic heterocycles. The molecule has 3 fully saturated rings. The van der Waals surface area contributed by atoms with E-state index in [1.54, 1.807) is 12.0 Å². The van der Waals surface area contributed by atoms with E-state index in [0.717, 1.165) is 86.3 Å². The molecule has 5 N–H and O–H groups in total. The summed E-state index contributed by atoms with van der Waals surface area (Å²) in [6.07, 6.45) is 3.15. The third kappa shape index (κ3) is 8.25. The number of hydrogen-bond donors (Lipinski definition) is 5. The summed E-state index contributed by atoms with van der Waals surface area (Å²) in [6, 6.07) is 12.5. The third-order valence-electron chi connectivity index (χ3n) is 14.2. The average molecular weight is 889 g/mol. The van der Waals surface area contributed by atoms with Gasteiger partial charge >= 0.3 is 12.2 Å². The Morgan fingerprint density at radius 1 is 0.908 bits per heavy atom. The maximum atomic E-state index is 14.3. The van der Waals surface area contributed by atoms with Crippen molar-refractivity contribution in [3.8, 4) is 28.1 Å². The molecule has 2 aromatic heterocycles. The largest absolute Gasteiger partial charge is 0.488 e. The van der Waals surface area contributed by atoms with E-state index in [1.165, 1.54) is 7.11 Å². The maximum absolute atomic E-state index is 14.3. The number of fused-ring (bicyclic) bond motifs is 6. The van der Waals surface area contributed by atoms with E-state index >= 15 is 0 Å². The first kappa shape index (κ1) is 44.1. The number of rotatable bonds is 13. The summed E-state index contributed by atoms with van der Waals surface area (Å²) < 4.78 is 17.0. The van der Waals surface area contributed by atoms with Crippen LogP contribution in [0.3, 0.4) is 0 Å². The Bertz CT molecular complexity index is 2650. The zero-order chi connectivity index (χ0) is 45.8. The number of imidazole rings is 2. The van der Waals surface area contributed by atoms with Crippen molar-refractivity contribution in [1.29, 1.82) is 0 Å². The topological polar surface area (TPSA) is 204 Å². The van der Waals surface area contributed by atoms with Crippen LogP contribution in [0.15, 0.2) is 42.5 Å². The SMILES string of the molecule is CCC(C)C(NC(=O)OC)C(=O)N1C[C@@H](COC)C[C@H]1c1nc(-c2ccc3c(c2)COc2cc4c(ccc5[nH]c([C@@H]6CC[C@H](C)N6C(=O)C(NC(=O)O)C(C)C)nc54)cc2-3)c(C2CC2)[nH]1. The minimum atomic E-state index is -1.22. The van der Waals surface area contributed by atoms with Gasteiger partial charge < -0.3 is 49.7 Å². The van der Waals surface area contributed by atoms with Gasteiger partial charge in [-0.3, -0.25) is 9.59 Å². The van der Waals surface area contributed by atoms with Gasteiger partial charge in [0.15, 0.2) is 0 Å². The number of hydrogen-bond acceptors (Lipinski definition) is 9. The number of aromatic nitrogens is 4. The number of H-pyrrole nitrogens is 2. The number of likely N-dealkylation sites (tertiary alicyclic amines) is 2. The Morgan fingerprint density at radius 2 is 1.69 bits per heavy atom. The van der Waals surface area contributed by atoms with Crippen LogP contribution < -0.4 is 15.4 Å². The molecule has 16 nitrogen and oxygen atoms in total. The highest BCUT2D eigenvalue weighted by molar-refractivity contribution is 6.07. The molecule has 1 saturated carbocycles. The number of nitrogens with zero attached hydrogens (tertiary/aromatic N) is 4.